The minimum Gasteiger partial charge on any atom is -0.493 e. The molecule has 0 saturated carbocycles. The number of methoxy groups -OCH3 is 2. The van der Waals surface area contributed by atoms with Gasteiger partial charge in [0.25, 0.3) is 0 Å². The molecule has 1 aromatic carbocycles. The highest BCUT2D eigenvalue weighted by molar-refractivity contribution is 5.61. The van der Waals surface area contributed by atoms with Crippen LogP contribution in [0.25, 0.3) is 11.4 Å². The van der Waals surface area contributed by atoms with Gasteiger partial charge in [0.15, 0.2) is 17.3 Å². The molecule has 0 unspecified atom stereocenters. The molecule has 2 N–H and O–H groups in total. The molecule has 2 rings (SSSR count). The van der Waals surface area contributed by atoms with E-state index in [0.29, 0.717) is 41.9 Å². The zero-order valence-electron chi connectivity index (χ0n) is 11.9. The van der Waals surface area contributed by atoms with Gasteiger partial charge in [0.1, 0.15) is 11.6 Å². The maximum atomic E-state index is 5.55. The van der Waals surface area contributed by atoms with E-state index in [-0.39, 0.29) is 0 Å². The van der Waals surface area contributed by atoms with Gasteiger partial charge in [-0.2, -0.15) is 0 Å². The monoisotopic (exact) mass is 274 g/mol. The second kappa shape index (κ2) is 6.29. The van der Waals surface area contributed by atoms with Crippen molar-refractivity contribution >= 4 is 0 Å². The summed E-state index contributed by atoms with van der Waals surface area (Å²) < 4.78 is 10.5. The average molecular weight is 274 g/mol. The van der Waals surface area contributed by atoms with Gasteiger partial charge in [0.05, 0.1) is 14.2 Å². The maximum absolute atomic E-state index is 5.55. The van der Waals surface area contributed by atoms with Gasteiger partial charge >= 0.3 is 0 Å². The largest absolute Gasteiger partial charge is 0.493 e. The van der Waals surface area contributed by atoms with Crippen LogP contribution in [0, 0.1) is 6.92 Å². The Bertz CT molecular complexity index is 602. The predicted molar refractivity (Wildman–Crippen MR) is 75.9 cm³/mol. The van der Waals surface area contributed by atoms with Crippen molar-refractivity contribution in [1.82, 2.24) is 15.0 Å². The smallest absolute Gasteiger partial charge is 0.163 e. The first-order valence-electron chi connectivity index (χ1n) is 6.32. The fourth-order valence-corrected chi connectivity index (χ4v) is 1.88. The molecule has 1 aromatic heterocycles. The topological polar surface area (TPSA) is 83.2 Å². The standard InChI is InChI=1S/C14H18N4O2/c1-9-16-13(6-7-15)18-14(17-9)10-4-5-11(19-2)12(8-10)20-3/h4-5,8H,6-7,15H2,1-3H3. The zero-order valence-corrected chi connectivity index (χ0v) is 11.9. The predicted octanol–water partition coefficient (Wildman–Crippen LogP) is 1.37. The fraction of sp³-hybridized carbons (Fsp3) is 0.357. The van der Waals surface area contributed by atoms with Crippen LogP contribution < -0.4 is 15.2 Å². The number of hydrogen-bond donors (Lipinski definition) is 1. The summed E-state index contributed by atoms with van der Waals surface area (Å²) >= 11 is 0. The van der Waals surface area contributed by atoms with Crippen molar-refractivity contribution in [3.8, 4) is 22.9 Å². The second-order valence-corrected chi connectivity index (χ2v) is 4.23. The minimum atomic E-state index is 0.509. The van der Waals surface area contributed by atoms with Crippen LogP contribution in [0.4, 0.5) is 0 Å². The third-order valence-electron chi connectivity index (χ3n) is 2.80. The Hall–Kier alpha value is -2.21. The normalized spacial score (nSPS) is 10.4. The Balaban J connectivity index is 2.45. The first kappa shape index (κ1) is 14.2. The molecule has 0 radical (unpaired) electrons. The summed E-state index contributed by atoms with van der Waals surface area (Å²) in [4.78, 5) is 13.1. The van der Waals surface area contributed by atoms with Gasteiger partial charge in [-0.05, 0) is 31.7 Å². The van der Waals surface area contributed by atoms with Gasteiger partial charge in [-0.1, -0.05) is 0 Å². The zero-order chi connectivity index (χ0) is 14.5. The van der Waals surface area contributed by atoms with Crippen molar-refractivity contribution in [3.05, 3.63) is 29.8 Å². The highest BCUT2D eigenvalue weighted by atomic mass is 16.5. The summed E-state index contributed by atoms with van der Waals surface area (Å²) in [6.07, 6.45) is 0.629. The summed E-state index contributed by atoms with van der Waals surface area (Å²) in [6.45, 7) is 2.35. The first-order valence-corrected chi connectivity index (χ1v) is 6.32. The van der Waals surface area contributed by atoms with Crippen molar-refractivity contribution in [3.63, 3.8) is 0 Å². The summed E-state index contributed by atoms with van der Waals surface area (Å²) in [5.41, 5.74) is 6.40. The van der Waals surface area contributed by atoms with E-state index in [1.165, 1.54) is 0 Å². The van der Waals surface area contributed by atoms with Gasteiger partial charge in [0.2, 0.25) is 0 Å². The number of nitrogens with zero attached hydrogens (tertiary/aromatic N) is 3. The summed E-state index contributed by atoms with van der Waals surface area (Å²) in [7, 11) is 3.20. The van der Waals surface area contributed by atoms with Crippen LogP contribution in [-0.2, 0) is 6.42 Å². The van der Waals surface area contributed by atoms with E-state index in [9.17, 15) is 0 Å². The first-order chi connectivity index (χ1) is 9.67. The van der Waals surface area contributed by atoms with E-state index in [2.05, 4.69) is 15.0 Å². The van der Waals surface area contributed by atoms with Gasteiger partial charge in [-0.25, -0.2) is 15.0 Å². The highest BCUT2D eigenvalue weighted by Gasteiger charge is 2.10. The third-order valence-corrected chi connectivity index (χ3v) is 2.80. The Labute approximate surface area is 118 Å². The Kier molecular flexibility index (Phi) is 4.47. The minimum absolute atomic E-state index is 0.509. The molecule has 0 spiro atoms. The molecule has 2 aromatic rings. The van der Waals surface area contributed by atoms with Gasteiger partial charge in [-0.15, -0.1) is 0 Å². The van der Waals surface area contributed by atoms with Crippen LogP contribution in [-0.4, -0.2) is 35.7 Å². The molecular weight excluding hydrogens is 256 g/mol. The van der Waals surface area contributed by atoms with E-state index in [0.717, 1.165) is 5.56 Å². The van der Waals surface area contributed by atoms with E-state index in [1.807, 2.05) is 25.1 Å². The Morgan fingerprint density at radius 3 is 2.45 bits per heavy atom. The van der Waals surface area contributed by atoms with Gasteiger partial charge in [0, 0.05) is 12.0 Å². The van der Waals surface area contributed by atoms with Crippen molar-refractivity contribution in [1.29, 1.82) is 0 Å². The van der Waals surface area contributed by atoms with Crippen LogP contribution in [0.2, 0.25) is 0 Å². The quantitative estimate of drug-likeness (QED) is 0.886. The van der Waals surface area contributed by atoms with Crippen LogP contribution in [0.3, 0.4) is 0 Å². The molecule has 6 heteroatoms. The van der Waals surface area contributed by atoms with E-state index >= 15 is 0 Å². The Morgan fingerprint density at radius 2 is 1.80 bits per heavy atom. The highest BCUT2D eigenvalue weighted by Crippen LogP contribution is 2.30. The maximum Gasteiger partial charge on any atom is 0.163 e. The molecule has 0 aliphatic rings. The van der Waals surface area contributed by atoms with Crippen LogP contribution in [0.15, 0.2) is 18.2 Å². The molecular formula is C14H18N4O2. The number of aromatic nitrogens is 3. The summed E-state index contributed by atoms with van der Waals surface area (Å²) in [5.74, 6) is 3.30. The molecule has 0 amide bonds. The van der Waals surface area contributed by atoms with E-state index < -0.39 is 0 Å². The van der Waals surface area contributed by atoms with Gasteiger partial charge in [-0.3, -0.25) is 0 Å². The lowest BCUT2D eigenvalue weighted by Crippen LogP contribution is -2.09. The van der Waals surface area contributed by atoms with E-state index in [4.69, 9.17) is 15.2 Å². The third kappa shape index (κ3) is 3.03. The fourth-order valence-electron chi connectivity index (χ4n) is 1.88. The van der Waals surface area contributed by atoms with Crippen LogP contribution in [0.5, 0.6) is 11.5 Å². The lowest BCUT2D eigenvalue weighted by molar-refractivity contribution is 0.355. The number of rotatable bonds is 5. The van der Waals surface area contributed by atoms with Crippen molar-refractivity contribution in [2.24, 2.45) is 5.73 Å². The van der Waals surface area contributed by atoms with Crippen LogP contribution >= 0.6 is 0 Å². The number of nitrogens with two attached hydrogens (primary N) is 1. The number of ether oxygens (including phenoxy) is 2. The molecule has 106 valence electrons. The molecule has 0 atom stereocenters. The molecule has 0 saturated heterocycles. The van der Waals surface area contributed by atoms with Crippen molar-refractivity contribution in [2.75, 3.05) is 20.8 Å². The van der Waals surface area contributed by atoms with E-state index in [1.54, 1.807) is 14.2 Å². The molecule has 0 aliphatic heterocycles. The van der Waals surface area contributed by atoms with Crippen molar-refractivity contribution in [2.45, 2.75) is 13.3 Å². The number of benzene rings is 1. The van der Waals surface area contributed by atoms with Crippen LogP contribution in [0.1, 0.15) is 11.6 Å². The van der Waals surface area contributed by atoms with Gasteiger partial charge < -0.3 is 15.2 Å². The molecule has 6 nitrogen and oxygen atoms in total. The number of hydrogen-bond acceptors (Lipinski definition) is 6. The molecule has 0 bridgehead atoms. The lowest BCUT2D eigenvalue weighted by atomic mass is 10.2. The summed E-state index contributed by atoms with van der Waals surface area (Å²) in [6, 6.07) is 5.57. The van der Waals surface area contributed by atoms with Crippen molar-refractivity contribution < 1.29 is 9.47 Å². The molecule has 1 heterocycles. The Morgan fingerprint density at radius 1 is 1.05 bits per heavy atom. The summed E-state index contributed by atoms with van der Waals surface area (Å²) in [5, 5.41) is 0. The lowest BCUT2D eigenvalue weighted by Gasteiger charge is -2.09. The SMILES string of the molecule is COc1ccc(-c2nc(C)nc(CCN)n2)cc1OC. The number of aryl methyl sites for hydroxylation is 1. The molecule has 0 aliphatic carbocycles. The second-order valence-electron chi connectivity index (χ2n) is 4.23. The molecule has 0 fully saturated rings. The molecule has 20 heavy (non-hydrogen) atoms. The average Bonchev–Trinajstić information content (AvgIpc) is 2.46.